The van der Waals surface area contributed by atoms with Gasteiger partial charge in [-0.1, -0.05) is 38.7 Å². The molecule has 1 rings (SSSR count). The molecule has 0 aromatic heterocycles. The third kappa shape index (κ3) is 7.67. The first kappa shape index (κ1) is 20.4. The minimum absolute atomic E-state index is 0.218. The quantitative estimate of drug-likeness (QED) is 0.312. The van der Waals surface area contributed by atoms with Crippen molar-refractivity contribution in [3.8, 4) is 0 Å². The van der Waals surface area contributed by atoms with E-state index in [0.717, 1.165) is 25.7 Å². The highest BCUT2D eigenvalue weighted by Crippen LogP contribution is 2.49. The molecule has 1 unspecified atom stereocenters. The normalized spacial score (nSPS) is 19.3. The van der Waals surface area contributed by atoms with E-state index in [1.54, 1.807) is 6.92 Å². The lowest BCUT2D eigenvalue weighted by molar-refractivity contribution is -0.138. The van der Waals surface area contributed by atoms with E-state index in [-0.39, 0.29) is 12.1 Å². The van der Waals surface area contributed by atoms with Crippen LogP contribution in [0.3, 0.4) is 0 Å². The first-order chi connectivity index (χ1) is 11.0. The van der Waals surface area contributed by atoms with E-state index < -0.39 is 7.37 Å². The van der Waals surface area contributed by atoms with E-state index in [4.69, 9.17) is 9.26 Å². The SMILES string of the molecule is CCCCP(=O)(CC(=CC1CCCCC1)C(=O)OCC)OCC. The average Bonchev–Trinajstić information content (AvgIpc) is 2.54. The van der Waals surface area contributed by atoms with Crippen molar-refractivity contribution in [1.29, 1.82) is 0 Å². The van der Waals surface area contributed by atoms with Crippen LogP contribution < -0.4 is 0 Å². The minimum Gasteiger partial charge on any atom is -0.463 e. The Balaban J connectivity index is 2.90. The molecule has 1 saturated carbocycles. The zero-order valence-electron chi connectivity index (χ0n) is 15.0. The second-order valence-corrected chi connectivity index (χ2v) is 8.93. The highest BCUT2D eigenvalue weighted by molar-refractivity contribution is 7.59. The number of esters is 1. The summed E-state index contributed by atoms with van der Waals surface area (Å²) in [7, 11) is -2.81. The number of hydrogen-bond donors (Lipinski definition) is 0. The van der Waals surface area contributed by atoms with Gasteiger partial charge in [0.25, 0.3) is 0 Å². The van der Waals surface area contributed by atoms with Crippen LogP contribution >= 0.6 is 7.37 Å². The number of unbranched alkanes of at least 4 members (excludes halogenated alkanes) is 1. The summed E-state index contributed by atoms with van der Waals surface area (Å²) in [6.45, 7) is 6.48. The molecule has 0 aliphatic heterocycles. The number of hydrogen-bond acceptors (Lipinski definition) is 4. The van der Waals surface area contributed by atoms with Crippen molar-refractivity contribution in [3.05, 3.63) is 11.6 Å². The maximum atomic E-state index is 13.1. The van der Waals surface area contributed by atoms with Crippen molar-refractivity contribution in [1.82, 2.24) is 0 Å². The zero-order chi connectivity index (χ0) is 17.1. The van der Waals surface area contributed by atoms with Crippen LogP contribution in [0.1, 0.15) is 65.7 Å². The van der Waals surface area contributed by atoms with E-state index in [0.29, 0.717) is 30.9 Å². The molecule has 0 N–H and O–H groups in total. The van der Waals surface area contributed by atoms with Crippen molar-refractivity contribution < 1.29 is 18.6 Å². The van der Waals surface area contributed by atoms with E-state index in [2.05, 4.69) is 6.92 Å². The largest absolute Gasteiger partial charge is 0.463 e. The van der Waals surface area contributed by atoms with Crippen LogP contribution in [0.25, 0.3) is 0 Å². The van der Waals surface area contributed by atoms with Crippen LogP contribution in [0.5, 0.6) is 0 Å². The zero-order valence-corrected chi connectivity index (χ0v) is 15.9. The molecule has 0 bridgehead atoms. The van der Waals surface area contributed by atoms with Crippen LogP contribution in [0, 0.1) is 5.92 Å². The maximum Gasteiger partial charge on any atom is 0.334 e. The van der Waals surface area contributed by atoms with Gasteiger partial charge in [-0.05, 0) is 39.0 Å². The van der Waals surface area contributed by atoms with Gasteiger partial charge in [0.15, 0.2) is 0 Å². The smallest absolute Gasteiger partial charge is 0.334 e. The van der Waals surface area contributed by atoms with Gasteiger partial charge in [0.2, 0.25) is 7.37 Å². The van der Waals surface area contributed by atoms with Crippen LogP contribution in [0.15, 0.2) is 11.6 Å². The van der Waals surface area contributed by atoms with Gasteiger partial charge in [-0.15, -0.1) is 0 Å². The van der Waals surface area contributed by atoms with E-state index in [9.17, 15) is 9.36 Å². The Morgan fingerprint density at radius 1 is 1.13 bits per heavy atom. The number of allylic oxidation sites excluding steroid dienone is 1. The summed E-state index contributed by atoms with van der Waals surface area (Å²) in [4.78, 5) is 12.3. The molecule has 134 valence electrons. The van der Waals surface area contributed by atoms with E-state index >= 15 is 0 Å². The Morgan fingerprint density at radius 2 is 1.83 bits per heavy atom. The van der Waals surface area contributed by atoms with Crippen molar-refractivity contribution in [2.24, 2.45) is 5.92 Å². The molecule has 1 aliphatic rings. The molecule has 1 atom stereocenters. The first-order valence-electron chi connectivity index (χ1n) is 9.15. The number of carbonyl (C=O) groups excluding carboxylic acids is 1. The molecule has 5 heteroatoms. The minimum atomic E-state index is -2.81. The molecule has 0 saturated heterocycles. The van der Waals surface area contributed by atoms with Crippen LogP contribution in [0.4, 0.5) is 0 Å². The molecule has 0 radical (unpaired) electrons. The molecule has 1 aliphatic carbocycles. The molecule has 0 spiro atoms. The Morgan fingerprint density at radius 3 is 2.39 bits per heavy atom. The van der Waals surface area contributed by atoms with Gasteiger partial charge >= 0.3 is 5.97 Å². The molecular formula is C18H33O4P. The molecule has 1 fully saturated rings. The predicted molar refractivity (Wildman–Crippen MR) is 95.2 cm³/mol. The molecule has 0 aromatic carbocycles. The molecule has 0 heterocycles. The number of rotatable bonds is 10. The Bertz CT molecular complexity index is 425. The fourth-order valence-electron chi connectivity index (χ4n) is 3.08. The summed E-state index contributed by atoms with van der Waals surface area (Å²) >= 11 is 0. The summed E-state index contributed by atoms with van der Waals surface area (Å²) in [6, 6.07) is 0. The van der Waals surface area contributed by atoms with E-state index in [1.165, 1.54) is 19.3 Å². The standard InChI is InChI=1S/C18H33O4P/c1-4-7-13-23(20,22-6-3)15-17(18(19)21-5-2)14-16-11-9-8-10-12-16/h14,16H,4-13,15H2,1-3H3. The average molecular weight is 344 g/mol. The van der Waals surface area contributed by atoms with E-state index in [1.807, 2.05) is 13.0 Å². The lowest BCUT2D eigenvalue weighted by Gasteiger charge is -2.22. The maximum absolute atomic E-state index is 13.1. The second kappa shape index (κ2) is 11.0. The molecule has 0 aromatic rings. The molecule has 0 amide bonds. The van der Waals surface area contributed by atoms with Crippen LogP contribution in [0.2, 0.25) is 0 Å². The monoisotopic (exact) mass is 344 g/mol. The Labute approximate surface area is 141 Å². The summed E-state index contributed by atoms with van der Waals surface area (Å²) in [5, 5.41) is 0. The van der Waals surface area contributed by atoms with Crippen molar-refractivity contribution in [2.45, 2.75) is 65.7 Å². The number of carbonyl (C=O) groups is 1. The van der Waals surface area contributed by atoms with Crippen molar-refractivity contribution in [2.75, 3.05) is 25.5 Å². The summed E-state index contributed by atoms with van der Waals surface area (Å²) in [5.41, 5.74) is 0.562. The fourth-order valence-corrected chi connectivity index (χ4v) is 5.48. The lowest BCUT2D eigenvalue weighted by Crippen LogP contribution is -2.16. The summed E-state index contributed by atoms with van der Waals surface area (Å²) in [6.07, 6.45) is 10.5. The summed E-state index contributed by atoms with van der Waals surface area (Å²) < 4.78 is 23.8. The highest BCUT2D eigenvalue weighted by Gasteiger charge is 2.28. The van der Waals surface area contributed by atoms with Crippen LogP contribution in [-0.2, 0) is 18.6 Å². The third-order valence-electron chi connectivity index (χ3n) is 4.25. The predicted octanol–water partition coefficient (Wildman–Crippen LogP) is 5.17. The summed E-state index contributed by atoms with van der Waals surface area (Å²) in [5.74, 6) is 0.0823. The van der Waals surface area contributed by atoms with Crippen LogP contribution in [-0.4, -0.2) is 31.5 Å². The van der Waals surface area contributed by atoms with Crippen molar-refractivity contribution >= 4 is 13.3 Å². The molecule has 4 nitrogen and oxygen atoms in total. The van der Waals surface area contributed by atoms with Gasteiger partial charge in [-0.3, -0.25) is 4.57 Å². The third-order valence-corrected chi connectivity index (χ3v) is 6.80. The fraction of sp³-hybridized carbons (Fsp3) is 0.833. The first-order valence-corrected chi connectivity index (χ1v) is 11.1. The lowest BCUT2D eigenvalue weighted by atomic mass is 9.88. The van der Waals surface area contributed by atoms with Gasteiger partial charge < -0.3 is 9.26 Å². The Kier molecular flexibility index (Phi) is 9.81. The van der Waals surface area contributed by atoms with Gasteiger partial charge in [0.1, 0.15) is 0 Å². The topological polar surface area (TPSA) is 52.6 Å². The highest BCUT2D eigenvalue weighted by atomic mass is 31.2. The van der Waals surface area contributed by atoms with Crippen molar-refractivity contribution in [3.63, 3.8) is 0 Å². The van der Waals surface area contributed by atoms with Gasteiger partial charge in [-0.25, -0.2) is 4.79 Å². The van der Waals surface area contributed by atoms with Gasteiger partial charge in [0.05, 0.1) is 19.4 Å². The molecule has 23 heavy (non-hydrogen) atoms. The number of ether oxygens (including phenoxy) is 1. The Hall–Kier alpha value is -0.600. The van der Waals surface area contributed by atoms with Gasteiger partial charge in [-0.2, -0.15) is 0 Å². The second-order valence-electron chi connectivity index (χ2n) is 6.28. The molecular weight excluding hydrogens is 311 g/mol. The van der Waals surface area contributed by atoms with Gasteiger partial charge in [0, 0.05) is 11.7 Å².